The number of amides is 2. The van der Waals surface area contributed by atoms with Gasteiger partial charge in [-0.2, -0.15) is 0 Å². The molecular formula is C27H25Cl2N3O3. The predicted molar refractivity (Wildman–Crippen MR) is 135 cm³/mol. The summed E-state index contributed by atoms with van der Waals surface area (Å²) in [5.41, 5.74) is 5.41. The van der Waals surface area contributed by atoms with Crippen molar-refractivity contribution in [3.63, 3.8) is 0 Å². The van der Waals surface area contributed by atoms with E-state index in [1.54, 1.807) is 24.3 Å². The number of rotatable bonds is 6. The van der Waals surface area contributed by atoms with Crippen LogP contribution in [0, 0.1) is 0 Å². The summed E-state index contributed by atoms with van der Waals surface area (Å²) in [5, 5.41) is 4.23. The van der Waals surface area contributed by atoms with E-state index in [2.05, 4.69) is 10.8 Å². The summed E-state index contributed by atoms with van der Waals surface area (Å²) in [6.45, 7) is 1.67. The first kappa shape index (κ1) is 23.8. The average molecular weight is 510 g/mol. The summed E-state index contributed by atoms with van der Waals surface area (Å²) in [6, 6.07) is 21.3. The Balaban J connectivity index is 1.55. The Bertz CT molecular complexity index is 1230. The van der Waals surface area contributed by atoms with Gasteiger partial charge in [0.2, 0.25) is 0 Å². The molecule has 0 radical (unpaired) electrons. The van der Waals surface area contributed by atoms with Crippen molar-refractivity contribution in [2.24, 2.45) is 0 Å². The zero-order chi connectivity index (χ0) is 24.4. The summed E-state index contributed by atoms with van der Waals surface area (Å²) < 4.78 is 0. The number of benzene rings is 3. The summed E-state index contributed by atoms with van der Waals surface area (Å²) in [7, 11) is 0. The van der Waals surface area contributed by atoms with E-state index >= 15 is 0 Å². The van der Waals surface area contributed by atoms with Crippen molar-refractivity contribution in [3.8, 4) is 0 Å². The molecule has 1 saturated heterocycles. The number of hydrogen-bond donors (Lipinski definition) is 2. The zero-order valence-electron chi connectivity index (χ0n) is 18.9. The Morgan fingerprint density at radius 3 is 2.54 bits per heavy atom. The standard InChI is InChI=1S/C27H25Cl2N3O3/c28-18-10-11-22(23(29)14-18)25-24(26(33)31-35-16-17-6-2-1-3-7-17)20-8-4-5-9-21(20)27(34)32(25)19-12-13-30-15-19/h1-11,14,19,24-25,30H,12-13,15-16H2,(H,31,33)/t19-,24-,25+/m0/s1. The molecule has 5 rings (SSSR count). The van der Waals surface area contributed by atoms with Gasteiger partial charge in [-0.05, 0) is 47.9 Å². The van der Waals surface area contributed by atoms with E-state index < -0.39 is 12.0 Å². The summed E-state index contributed by atoms with van der Waals surface area (Å²) >= 11 is 12.8. The molecule has 3 aromatic carbocycles. The smallest absolute Gasteiger partial charge is 0.255 e. The minimum absolute atomic E-state index is 0.0758. The van der Waals surface area contributed by atoms with Gasteiger partial charge >= 0.3 is 0 Å². The Morgan fingerprint density at radius 1 is 1.03 bits per heavy atom. The van der Waals surface area contributed by atoms with Crippen LogP contribution in [0.5, 0.6) is 0 Å². The lowest BCUT2D eigenvalue weighted by atomic mass is 9.78. The molecule has 0 spiro atoms. The predicted octanol–water partition coefficient (Wildman–Crippen LogP) is 4.88. The minimum atomic E-state index is -0.723. The van der Waals surface area contributed by atoms with Crippen molar-refractivity contribution in [2.45, 2.75) is 31.0 Å². The second-order valence-electron chi connectivity index (χ2n) is 8.78. The molecule has 180 valence electrons. The molecule has 1 fully saturated rings. The van der Waals surface area contributed by atoms with Crippen LogP contribution < -0.4 is 10.8 Å². The van der Waals surface area contributed by atoms with Crippen LogP contribution >= 0.6 is 23.2 Å². The fourth-order valence-corrected chi connectivity index (χ4v) is 5.53. The average Bonchev–Trinajstić information content (AvgIpc) is 3.39. The fourth-order valence-electron chi connectivity index (χ4n) is 5.01. The van der Waals surface area contributed by atoms with Crippen LogP contribution in [-0.2, 0) is 16.2 Å². The monoisotopic (exact) mass is 509 g/mol. The van der Waals surface area contributed by atoms with Crippen LogP contribution in [0.2, 0.25) is 10.0 Å². The maximum Gasteiger partial charge on any atom is 0.255 e. The Morgan fingerprint density at radius 2 is 1.80 bits per heavy atom. The Kier molecular flexibility index (Phi) is 7.07. The van der Waals surface area contributed by atoms with Gasteiger partial charge in [-0.1, -0.05) is 77.8 Å². The van der Waals surface area contributed by atoms with Crippen LogP contribution in [0.1, 0.15) is 45.4 Å². The first-order valence-electron chi connectivity index (χ1n) is 11.6. The van der Waals surface area contributed by atoms with Crippen molar-refractivity contribution < 1.29 is 14.4 Å². The maximum absolute atomic E-state index is 13.8. The van der Waals surface area contributed by atoms with Crippen molar-refractivity contribution in [1.82, 2.24) is 15.7 Å². The van der Waals surface area contributed by atoms with E-state index in [9.17, 15) is 9.59 Å². The number of halogens is 2. The molecule has 6 nitrogen and oxygen atoms in total. The highest BCUT2D eigenvalue weighted by molar-refractivity contribution is 6.35. The van der Waals surface area contributed by atoms with Gasteiger partial charge in [0.15, 0.2) is 0 Å². The van der Waals surface area contributed by atoms with Gasteiger partial charge in [0.25, 0.3) is 11.8 Å². The number of nitrogens with zero attached hydrogens (tertiary/aromatic N) is 1. The summed E-state index contributed by atoms with van der Waals surface area (Å²) in [6.07, 6.45) is 0.786. The largest absolute Gasteiger partial charge is 0.326 e. The molecule has 2 heterocycles. The van der Waals surface area contributed by atoms with Gasteiger partial charge < -0.3 is 10.2 Å². The van der Waals surface area contributed by atoms with Gasteiger partial charge in [-0.25, -0.2) is 5.48 Å². The molecule has 0 aliphatic carbocycles. The first-order chi connectivity index (χ1) is 17.0. The highest BCUT2D eigenvalue weighted by Crippen LogP contribution is 2.46. The van der Waals surface area contributed by atoms with E-state index in [-0.39, 0.29) is 24.5 Å². The van der Waals surface area contributed by atoms with Crippen molar-refractivity contribution in [3.05, 3.63) is 105 Å². The van der Waals surface area contributed by atoms with Crippen molar-refractivity contribution >= 4 is 35.0 Å². The van der Waals surface area contributed by atoms with Gasteiger partial charge in [0.1, 0.15) is 0 Å². The molecule has 2 aliphatic heterocycles. The van der Waals surface area contributed by atoms with Crippen LogP contribution in [0.4, 0.5) is 0 Å². The van der Waals surface area contributed by atoms with Crippen molar-refractivity contribution in [2.75, 3.05) is 13.1 Å². The molecular weight excluding hydrogens is 485 g/mol. The lowest BCUT2D eigenvalue weighted by Crippen LogP contribution is -2.52. The van der Waals surface area contributed by atoms with Crippen LogP contribution in [-0.4, -0.2) is 35.8 Å². The zero-order valence-corrected chi connectivity index (χ0v) is 20.4. The van der Waals surface area contributed by atoms with Crippen LogP contribution in [0.3, 0.4) is 0 Å². The normalized spacial score (nSPS) is 21.6. The number of carbonyl (C=O) groups is 2. The molecule has 2 amide bonds. The third-order valence-electron chi connectivity index (χ3n) is 6.62. The van der Waals surface area contributed by atoms with Gasteiger partial charge in [-0.15, -0.1) is 0 Å². The molecule has 2 aliphatic rings. The molecule has 2 N–H and O–H groups in total. The lowest BCUT2D eigenvalue weighted by Gasteiger charge is -2.44. The topological polar surface area (TPSA) is 70.7 Å². The van der Waals surface area contributed by atoms with E-state index in [1.807, 2.05) is 53.4 Å². The van der Waals surface area contributed by atoms with Gasteiger partial charge in [-0.3, -0.25) is 14.4 Å². The van der Waals surface area contributed by atoms with Crippen molar-refractivity contribution in [1.29, 1.82) is 0 Å². The molecule has 0 saturated carbocycles. The number of fused-ring (bicyclic) bond motifs is 1. The Labute approximate surface area is 214 Å². The van der Waals surface area contributed by atoms with E-state index in [0.717, 1.165) is 18.5 Å². The highest BCUT2D eigenvalue weighted by atomic mass is 35.5. The number of hydroxylamine groups is 1. The molecule has 3 atom stereocenters. The molecule has 0 bridgehead atoms. The summed E-state index contributed by atoms with van der Waals surface area (Å²) in [5.74, 6) is -1.17. The van der Waals surface area contributed by atoms with E-state index in [1.165, 1.54) is 0 Å². The maximum atomic E-state index is 13.8. The SMILES string of the molecule is O=C(NOCc1ccccc1)[C@H]1c2ccccc2C(=O)N([C@H]2CCNC2)[C@@H]1c1ccc(Cl)cc1Cl. The van der Waals surface area contributed by atoms with Crippen LogP contribution in [0.25, 0.3) is 0 Å². The molecule has 35 heavy (non-hydrogen) atoms. The third kappa shape index (κ3) is 4.80. The van der Waals surface area contributed by atoms with E-state index in [4.69, 9.17) is 28.0 Å². The second kappa shape index (κ2) is 10.4. The minimum Gasteiger partial charge on any atom is -0.326 e. The molecule has 0 unspecified atom stereocenters. The Hall–Kier alpha value is -2.90. The highest BCUT2D eigenvalue weighted by Gasteiger charge is 2.47. The molecule has 3 aromatic rings. The lowest BCUT2D eigenvalue weighted by molar-refractivity contribution is -0.138. The fraction of sp³-hybridized carbons (Fsp3) is 0.259. The first-order valence-corrected chi connectivity index (χ1v) is 12.3. The quantitative estimate of drug-likeness (QED) is 0.464. The van der Waals surface area contributed by atoms with Crippen LogP contribution in [0.15, 0.2) is 72.8 Å². The second-order valence-corrected chi connectivity index (χ2v) is 9.62. The number of nitrogens with one attached hydrogen (secondary N) is 2. The number of hydrogen-bond acceptors (Lipinski definition) is 4. The number of carbonyl (C=O) groups excluding carboxylic acids is 2. The third-order valence-corrected chi connectivity index (χ3v) is 7.18. The molecule has 8 heteroatoms. The molecule has 0 aromatic heterocycles. The van der Waals surface area contributed by atoms with Gasteiger partial charge in [0.05, 0.1) is 18.6 Å². The van der Waals surface area contributed by atoms with E-state index in [0.29, 0.717) is 33.3 Å². The van der Waals surface area contributed by atoms with Gasteiger partial charge in [0, 0.05) is 28.2 Å². The summed E-state index contributed by atoms with van der Waals surface area (Å²) in [4.78, 5) is 34.9.